The van der Waals surface area contributed by atoms with Crippen molar-refractivity contribution in [2.45, 2.75) is 54.9 Å². The molecular weight excluding hydrogens is 481 g/mol. The molecule has 2 aromatic rings. The highest BCUT2D eigenvalue weighted by Crippen LogP contribution is 2.28. The highest BCUT2D eigenvalue weighted by molar-refractivity contribution is 7.89. The molecule has 186 valence electrons. The maximum Gasteiger partial charge on any atom is 0.243 e. The summed E-state index contributed by atoms with van der Waals surface area (Å²) in [5.74, 6) is -1.14. The Labute approximate surface area is 200 Å². The highest BCUT2D eigenvalue weighted by atomic mass is 32.2. The number of sulfonamides is 2. The van der Waals surface area contributed by atoms with Gasteiger partial charge in [0.05, 0.1) is 16.3 Å². The van der Waals surface area contributed by atoms with Crippen LogP contribution in [0.2, 0.25) is 0 Å². The first-order valence-corrected chi connectivity index (χ1v) is 13.9. The van der Waals surface area contributed by atoms with Gasteiger partial charge >= 0.3 is 0 Å². The van der Waals surface area contributed by atoms with E-state index in [1.165, 1.54) is 42.7 Å². The van der Waals surface area contributed by atoms with Gasteiger partial charge in [-0.05, 0) is 61.7 Å². The van der Waals surface area contributed by atoms with E-state index in [-0.39, 0.29) is 21.5 Å². The summed E-state index contributed by atoms with van der Waals surface area (Å²) in [4.78, 5) is 12.9. The SMILES string of the molecule is Cc1ccc(S(=O)(=O)N(C)C)cc1NC(=O)CN(C1CCCCC1)S(=O)(=O)c1ccc(F)cc1. The van der Waals surface area contributed by atoms with Crippen LogP contribution in [-0.4, -0.2) is 58.0 Å². The second-order valence-corrected chi connectivity index (χ2v) is 12.7. The molecule has 0 aromatic heterocycles. The molecule has 1 amide bonds. The Balaban J connectivity index is 1.89. The molecule has 1 saturated carbocycles. The fourth-order valence-corrected chi connectivity index (χ4v) is 6.53. The van der Waals surface area contributed by atoms with E-state index in [1.54, 1.807) is 13.0 Å². The minimum Gasteiger partial charge on any atom is -0.325 e. The predicted octanol–water partition coefficient (Wildman–Crippen LogP) is 3.35. The molecule has 11 heteroatoms. The monoisotopic (exact) mass is 511 g/mol. The minimum absolute atomic E-state index is 0.0153. The number of nitrogens with one attached hydrogen (secondary N) is 1. The quantitative estimate of drug-likeness (QED) is 0.585. The first kappa shape index (κ1) is 26.3. The van der Waals surface area contributed by atoms with E-state index in [1.807, 2.05) is 0 Å². The summed E-state index contributed by atoms with van der Waals surface area (Å²) < 4.78 is 67.4. The summed E-state index contributed by atoms with van der Waals surface area (Å²) in [5.41, 5.74) is 0.923. The van der Waals surface area contributed by atoms with Gasteiger partial charge < -0.3 is 5.32 Å². The van der Waals surface area contributed by atoms with Crippen molar-refractivity contribution in [1.82, 2.24) is 8.61 Å². The second-order valence-electron chi connectivity index (χ2n) is 8.61. The van der Waals surface area contributed by atoms with Crippen molar-refractivity contribution in [3.05, 3.63) is 53.8 Å². The Kier molecular flexibility index (Phi) is 8.12. The van der Waals surface area contributed by atoms with E-state index in [0.717, 1.165) is 35.7 Å². The maximum atomic E-state index is 13.4. The van der Waals surface area contributed by atoms with Crippen molar-refractivity contribution < 1.29 is 26.0 Å². The maximum absolute atomic E-state index is 13.4. The van der Waals surface area contributed by atoms with Crippen molar-refractivity contribution >= 4 is 31.6 Å². The average molecular weight is 512 g/mol. The molecule has 2 aromatic carbocycles. The summed E-state index contributed by atoms with van der Waals surface area (Å²) in [6, 6.07) is 8.58. The van der Waals surface area contributed by atoms with Crippen LogP contribution in [0.1, 0.15) is 37.7 Å². The fourth-order valence-electron chi connectivity index (χ4n) is 3.96. The van der Waals surface area contributed by atoms with Crippen LogP contribution in [-0.2, 0) is 24.8 Å². The van der Waals surface area contributed by atoms with Gasteiger partial charge in [-0.25, -0.2) is 25.5 Å². The fraction of sp³-hybridized carbons (Fsp3) is 0.435. The second kappa shape index (κ2) is 10.5. The number of hydrogen-bond acceptors (Lipinski definition) is 5. The Hall–Kier alpha value is -2.34. The summed E-state index contributed by atoms with van der Waals surface area (Å²) in [6.07, 6.45) is 3.96. The van der Waals surface area contributed by atoms with Gasteiger partial charge in [0.25, 0.3) is 0 Å². The number of nitrogens with zero attached hydrogens (tertiary/aromatic N) is 2. The number of aryl methyl sites for hydroxylation is 1. The van der Waals surface area contributed by atoms with Crippen LogP contribution < -0.4 is 5.32 Å². The lowest BCUT2D eigenvalue weighted by atomic mass is 9.95. The van der Waals surface area contributed by atoms with Crippen molar-refractivity contribution in [2.75, 3.05) is 26.0 Å². The van der Waals surface area contributed by atoms with Crippen LogP contribution in [0.25, 0.3) is 0 Å². The molecule has 0 radical (unpaired) electrons. The van der Waals surface area contributed by atoms with E-state index in [9.17, 15) is 26.0 Å². The van der Waals surface area contributed by atoms with Gasteiger partial charge in [-0.15, -0.1) is 0 Å². The zero-order valence-electron chi connectivity index (χ0n) is 19.5. The summed E-state index contributed by atoms with van der Waals surface area (Å²) in [6.45, 7) is 1.28. The van der Waals surface area contributed by atoms with Gasteiger partial charge in [-0.1, -0.05) is 25.3 Å². The number of anilines is 1. The molecule has 0 aliphatic heterocycles. The number of benzene rings is 2. The van der Waals surface area contributed by atoms with Crippen LogP contribution in [0.5, 0.6) is 0 Å². The topological polar surface area (TPSA) is 104 Å². The standard InChI is InChI=1S/C23H30FN3O5S2/c1-17-9-12-21(33(29,30)26(2)3)15-22(17)25-23(28)16-27(19-7-5-4-6-8-19)34(31,32)20-13-10-18(24)11-14-20/h9-15,19H,4-8,16H2,1-3H3,(H,25,28). The smallest absolute Gasteiger partial charge is 0.243 e. The molecule has 3 rings (SSSR count). The number of carbonyl (C=O) groups is 1. The highest BCUT2D eigenvalue weighted by Gasteiger charge is 2.34. The largest absolute Gasteiger partial charge is 0.325 e. The number of halogens is 1. The van der Waals surface area contributed by atoms with E-state index >= 15 is 0 Å². The molecule has 8 nitrogen and oxygen atoms in total. The average Bonchev–Trinajstić information content (AvgIpc) is 2.79. The third kappa shape index (κ3) is 5.83. The molecular formula is C23H30FN3O5S2. The molecule has 0 spiro atoms. The molecule has 0 heterocycles. The van der Waals surface area contributed by atoms with Gasteiger partial charge in [0, 0.05) is 25.8 Å². The first-order valence-electron chi connectivity index (χ1n) is 11.0. The minimum atomic E-state index is -4.05. The normalized spacial score (nSPS) is 15.6. The summed E-state index contributed by atoms with van der Waals surface area (Å²) >= 11 is 0. The Morgan fingerprint density at radius 3 is 2.12 bits per heavy atom. The third-order valence-electron chi connectivity index (χ3n) is 5.96. The third-order valence-corrected chi connectivity index (χ3v) is 9.69. The number of carbonyl (C=O) groups excluding carboxylic acids is 1. The van der Waals surface area contributed by atoms with Crippen molar-refractivity contribution in [1.29, 1.82) is 0 Å². The number of hydrogen-bond donors (Lipinski definition) is 1. The molecule has 0 bridgehead atoms. The molecule has 1 N–H and O–H groups in total. The zero-order valence-corrected chi connectivity index (χ0v) is 21.1. The van der Waals surface area contributed by atoms with Crippen molar-refractivity contribution in [2.24, 2.45) is 0 Å². The lowest BCUT2D eigenvalue weighted by molar-refractivity contribution is -0.116. The molecule has 1 fully saturated rings. The Morgan fingerprint density at radius 2 is 1.53 bits per heavy atom. The van der Waals surface area contributed by atoms with E-state index in [4.69, 9.17) is 0 Å². The van der Waals surface area contributed by atoms with Crippen LogP contribution >= 0.6 is 0 Å². The van der Waals surface area contributed by atoms with Gasteiger partial charge in [-0.3, -0.25) is 4.79 Å². The van der Waals surface area contributed by atoms with Crippen LogP contribution in [0.3, 0.4) is 0 Å². The molecule has 0 atom stereocenters. The molecule has 0 saturated heterocycles. The van der Waals surface area contributed by atoms with Crippen LogP contribution in [0.15, 0.2) is 52.3 Å². The van der Waals surface area contributed by atoms with Gasteiger partial charge in [0.2, 0.25) is 26.0 Å². The molecule has 1 aliphatic carbocycles. The van der Waals surface area contributed by atoms with Crippen LogP contribution in [0.4, 0.5) is 10.1 Å². The predicted molar refractivity (Wildman–Crippen MR) is 128 cm³/mol. The van der Waals surface area contributed by atoms with Crippen molar-refractivity contribution in [3.8, 4) is 0 Å². The number of amides is 1. The lowest BCUT2D eigenvalue weighted by Crippen LogP contribution is -2.45. The van der Waals surface area contributed by atoms with E-state index in [0.29, 0.717) is 18.4 Å². The summed E-state index contributed by atoms with van der Waals surface area (Å²) in [7, 11) is -4.94. The van der Waals surface area contributed by atoms with Gasteiger partial charge in [0.1, 0.15) is 5.82 Å². The van der Waals surface area contributed by atoms with Crippen LogP contribution in [0, 0.1) is 12.7 Å². The lowest BCUT2D eigenvalue weighted by Gasteiger charge is -2.33. The first-order chi connectivity index (χ1) is 15.9. The summed E-state index contributed by atoms with van der Waals surface area (Å²) in [5, 5.41) is 2.68. The van der Waals surface area contributed by atoms with Gasteiger partial charge in [-0.2, -0.15) is 4.31 Å². The molecule has 0 unspecified atom stereocenters. The Morgan fingerprint density at radius 1 is 0.941 bits per heavy atom. The molecule has 1 aliphatic rings. The van der Waals surface area contributed by atoms with E-state index < -0.39 is 38.3 Å². The van der Waals surface area contributed by atoms with Gasteiger partial charge in [0.15, 0.2) is 0 Å². The zero-order chi connectivity index (χ0) is 25.1. The van der Waals surface area contributed by atoms with Crippen molar-refractivity contribution in [3.63, 3.8) is 0 Å². The Bertz CT molecular complexity index is 1240. The molecule has 34 heavy (non-hydrogen) atoms. The number of rotatable bonds is 8. The van der Waals surface area contributed by atoms with E-state index in [2.05, 4.69) is 5.32 Å².